The molecule has 2 aromatic rings. The van der Waals surface area contributed by atoms with Crippen LogP contribution in [-0.2, 0) is 6.54 Å². The Morgan fingerprint density at radius 3 is 2.61 bits per heavy atom. The van der Waals surface area contributed by atoms with Crippen molar-refractivity contribution in [2.24, 2.45) is 0 Å². The molecule has 1 aromatic carbocycles. The average molecular weight is 240 g/mol. The monoisotopic (exact) mass is 240 g/mol. The molecule has 0 saturated carbocycles. The number of benzene rings is 1. The van der Waals surface area contributed by atoms with E-state index in [9.17, 15) is 0 Å². The van der Waals surface area contributed by atoms with E-state index in [0.29, 0.717) is 13.0 Å². The Labute approximate surface area is 107 Å². The molecule has 0 spiro atoms. The van der Waals surface area contributed by atoms with Crippen molar-refractivity contribution in [3.63, 3.8) is 0 Å². The van der Waals surface area contributed by atoms with Gasteiger partial charge in [-0.1, -0.05) is 30.3 Å². The summed E-state index contributed by atoms with van der Waals surface area (Å²) < 4.78 is 5.34. The lowest BCUT2D eigenvalue weighted by Gasteiger charge is -2.25. The van der Waals surface area contributed by atoms with Gasteiger partial charge in [0, 0.05) is 6.04 Å². The number of nitriles is 1. The van der Waals surface area contributed by atoms with Gasteiger partial charge in [-0.2, -0.15) is 5.26 Å². The molecule has 3 nitrogen and oxygen atoms in total. The van der Waals surface area contributed by atoms with Gasteiger partial charge in [-0.25, -0.2) is 0 Å². The molecule has 0 N–H and O–H groups in total. The highest BCUT2D eigenvalue weighted by molar-refractivity contribution is 5.20. The van der Waals surface area contributed by atoms with Crippen molar-refractivity contribution in [1.29, 1.82) is 5.26 Å². The maximum absolute atomic E-state index is 8.97. The fourth-order valence-electron chi connectivity index (χ4n) is 2.05. The fraction of sp³-hybridized carbons (Fsp3) is 0.267. The summed E-state index contributed by atoms with van der Waals surface area (Å²) in [6, 6.07) is 16.3. The summed E-state index contributed by atoms with van der Waals surface area (Å²) in [6.45, 7) is 0.703. The topological polar surface area (TPSA) is 40.2 Å². The predicted octanol–water partition coefficient (Wildman–Crippen LogP) is 3.37. The molecule has 18 heavy (non-hydrogen) atoms. The number of furan rings is 1. The van der Waals surface area contributed by atoms with Gasteiger partial charge < -0.3 is 4.42 Å². The molecule has 0 fully saturated rings. The van der Waals surface area contributed by atoms with Crippen LogP contribution in [0.25, 0.3) is 0 Å². The molecule has 1 heterocycles. The molecule has 3 heteroatoms. The highest BCUT2D eigenvalue weighted by Gasteiger charge is 2.17. The van der Waals surface area contributed by atoms with Crippen molar-refractivity contribution in [2.75, 3.05) is 7.05 Å². The van der Waals surface area contributed by atoms with E-state index in [2.05, 4.69) is 23.1 Å². The quantitative estimate of drug-likeness (QED) is 0.804. The SMILES string of the molecule is CN(Cc1ccco1)C(CC#N)c1ccccc1. The van der Waals surface area contributed by atoms with Crippen LogP contribution in [0.5, 0.6) is 0 Å². The Kier molecular flexibility index (Phi) is 4.16. The van der Waals surface area contributed by atoms with E-state index in [-0.39, 0.29) is 6.04 Å². The molecule has 0 radical (unpaired) electrons. The minimum atomic E-state index is 0.0984. The standard InChI is InChI=1S/C15H16N2O/c1-17(12-14-8-5-11-18-14)15(9-10-16)13-6-3-2-4-7-13/h2-8,11,15H,9,12H2,1H3. The minimum Gasteiger partial charge on any atom is -0.468 e. The molecule has 2 rings (SSSR count). The lowest BCUT2D eigenvalue weighted by atomic mass is 10.0. The Hall–Kier alpha value is -2.05. The van der Waals surface area contributed by atoms with Crippen molar-refractivity contribution in [2.45, 2.75) is 19.0 Å². The van der Waals surface area contributed by atoms with Crippen LogP contribution in [0.2, 0.25) is 0 Å². The second kappa shape index (κ2) is 6.04. The van der Waals surface area contributed by atoms with Crippen LogP contribution in [0.1, 0.15) is 23.8 Å². The summed E-state index contributed by atoms with van der Waals surface area (Å²) >= 11 is 0. The van der Waals surface area contributed by atoms with Crippen LogP contribution in [0.4, 0.5) is 0 Å². The summed E-state index contributed by atoms with van der Waals surface area (Å²) in [7, 11) is 2.01. The van der Waals surface area contributed by atoms with Gasteiger partial charge >= 0.3 is 0 Å². The molecule has 0 bridgehead atoms. The van der Waals surface area contributed by atoms with Gasteiger partial charge in [0.25, 0.3) is 0 Å². The molecule has 1 atom stereocenters. The van der Waals surface area contributed by atoms with Gasteiger partial charge in [0.15, 0.2) is 0 Å². The number of rotatable bonds is 5. The fourth-order valence-corrected chi connectivity index (χ4v) is 2.05. The zero-order chi connectivity index (χ0) is 12.8. The van der Waals surface area contributed by atoms with Crippen LogP contribution in [0.15, 0.2) is 53.1 Å². The minimum absolute atomic E-state index is 0.0984. The Morgan fingerprint density at radius 2 is 2.00 bits per heavy atom. The van der Waals surface area contributed by atoms with Gasteiger partial charge in [0.1, 0.15) is 5.76 Å². The second-order valence-corrected chi connectivity index (χ2v) is 4.28. The highest BCUT2D eigenvalue weighted by atomic mass is 16.3. The van der Waals surface area contributed by atoms with Crippen molar-refractivity contribution in [3.8, 4) is 6.07 Å². The van der Waals surface area contributed by atoms with Gasteiger partial charge in [0.2, 0.25) is 0 Å². The molecule has 1 aromatic heterocycles. The molecular formula is C15H16N2O. The highest BCUT2D eigenvalue weighted by Crippen LogP contribution is 2.24. The summed E-state index contributed by atoms with van der Waals surface area (Å²) in [5.74, 6) is 0.913. The molecule has 0 aliphatic heterocycles. The van der Waals surface area contributed by atoms with E-state index in [0.717, 1.165) is 11.3 Å². The molecule has 0 saturated heterocycles. The van der Waals surface area contributed by atoms with Crippen molar-refractivity contribution in [3.05, 3.63) is 60.1 Å². The molecule has 0 aliphatic carbocycles. The van der Waals surface area contributed by atoms with E-state index < -0.39 is 0 Å². The summed E-state index contributed by atoms with van der Waals surface area (Å²) in [5, 5.41) is 8.97. The maximum atomic E-state index is 8.97. The first-order valence-electron chi connectivity index (χ1n) is 5.96. The number of hydrogen-bond donors (Lipinski definition) is 0. The number of nitrogens with zero attached hydrogens (tertiary/aromatic N) is 2. The van der Waals surface area contributed by atoms with Crippen LogP contribution >= 0.6 is 0 Å². The van der Waals surface area contributed by atoms with Crippen LogP contribution in [-0.4, -0.2) is 11.9 Å². The van der Waals surface area contributed by atoms with Gasteiger partial charge in [-0.15, -0.1) is 0 Å². The van der Waals surface area contributed by atoms with Crippen molar-refractivity contribution >= 4 is 0 Å². The van der Waals surface area contributed by atoms with E-state index >= 15 is 0 Å². The average Bonchev–Trinajstić information content (AvgIpc) is 2.89. The van der Waals surface area contributed by atoms with Gasteiger partial charge in [0.05, 0.1) is 25.3 Å². The maximum Gasteiger partial charge on any atom is 0.117 e. The second-order valence-electron chi connectivity index (χ2n) is 4.28. The van der Waals surface area contributed by atoms with Crippen LogP contribution in [0.3, 0.4) is 0 Å². The summed E-state index contributed by atoms with van der Waals surface area (Å²) in [4.78, 5) is 2.14. The first-order chi connectivity index (χ1) is 8.81. The third kappa shape index (κ3) is 2.99. The predicted molar refractivity (Wildman–Crippen MR) is 69.6 cm³/mol. The Morgan fingerprint density at radius 1 is 1.22 bits per heavy atom. The molecule has 0 amide bonds. The third-order valence-electron chi connectivity index (χ3n) is 2.99. The Balaban J connectivity index is 2.13. The normalized spacial score (nSPS) is 12.3. The zero-order valence-corrected chi connectivity index (χ0v) is 10.4. The number of hydrogen-bond acceptors (Lipinski definition) is 3. The van der Waals surface area contributed by atoms with Gasteiger partial charge in [-0.05, 0) is 24.7 Å². The first kappa shape index (κ1) is 12.4. The Bertz CT molecular complexity index is 499. The summed E-state index contributed by atoms with van der Waals surface area (Å²) in [6.07, 6.45) is 2.15. The van der Waals surface area contributed by atoms with Crippen molar-refractivity contribution < 1.29 is 4.42 Å². The lowest BCUT2D eigenvalue weighted by Crippen LogP contribution is -2.23. The first-order valence-corrected chi connectivity index (χ1v) is 5.96. The lowest BCUT2D eigenvalue weighted by molar-refractivity contribution is 0.220. The molecule has 1 unspecified atom stereocenters. The van der Waals surface area contributed by atoms with Crippen molar-refractivity contribution in [1.82, 2.24) is 4.90 Å². The van der Waals surface area contributed by atoms with E-state index in [1.165, 1.54) is 0 Å². The van der Waals surface area contributed by atoms with Crippen LogP contribution in [0, 0.1) is 11.3 Å². The van der Waals surface area contributed by atoms with Gasteiger partial charge in [-0.3, -0.25) is 4.90 Å². The smallest absolute Gasteiger partial charge is 0.117 e. The van der Waals surface area contributed by atoms with E-state index in [1.54, 1.807) is 6.26 Å². The molecule has 92 valence electrons. The van der Waals surface area contributed by atoms with E-state index in [4.69, 9.17) is 9.68 Å². The zero-order valence-electron chi connectivity index (χ0n) is 10.4. The molecular weight excluding hydrogens is 224 g/mol. The molecule has 0 aliphatic rings. The summed E-state index contributed by atoms with van der Waals surface area (Å²) in [5.41, 5.74) is 1.16. The van der Waals surface area contributed by atoms with E-state index in [1.807, 2.05) is 37.4 Å². The third-order valence-corrected chi connectivity index (χ3v) is 2.99. The van der Waals surface area contributed by atoms with Crippen LogP contribution < -0.4 is 0 Å². The largest absolute Gasteiger partial charge is 0.468 e.